The topological polar surface area (TPSA) is 66.7 Å². The number of nitrogens with zero attached hydrogens (tertiary/aromatic N) is 3. The molecule has 0 aliphatic carbocycles. The molecule has 2 heterocycles. The number of carbonyl (C=O) groups excluding carboxylic acids is 1. The van der Waals surface area contributed by atoms with E-state index in [1.54, 1.807) is 11.0 Å². The highest BCUT2D eigenvalue weighted by molar-refractivity contribution is 7.17. The summed E-state index contributed by atoms with van der Waals surface area (Å²) in [6.45, 7) is 2.68. The summed E-state index contributed by atoms with van der Waals surface area (Å²) in [5.74, 6) is -0.126. The first-order valence-corrected chi connectivity index (χ1v) is 10.3. The third-order valence-electron chi connectivity index (χ3n) is 5.18. The maximum absolute atomic E-state index is 12.7. The van der Waals surface area contributed by atoms with E-state index in [4.69, 9.17) is 0 Å². The second kappa shape index (κ2) is 8.55. The van der Waals surface area contributed by atoms with Gasteiger partial charge in [-0.1, -0.05) is 72.0 Å². The highest BCUT2D eigenvalue weighted by atomic mass is 32.1. The average Bonchev–Trinajstić information content (AvgIpc) is 3.26. The van der Waals surface area contributed by atoms with Crippen LogP contribution in [0.1, 0.15) is 26.8 Å². The summed E-state index contributed by atoms with van der Waals surface area (Å²) >= 11 is 0.940. The summed E-state index contributed by atoms with van der Waals surface area (Å²) in [6.07, 6.45) is 0. The maximum atomic E-state index is 12.7. The normalized spacial score (nSPS) is 14.9. The number of nitro groups is 1. The Labute approximate surface area is 173 Å². The molecule has 0 radical (unpaired) electrons. The molecule has 0 atom stereocenters. The van der Waals surface area contributed by atoms with Gasteiger partial charge in [0.05, 0.1) is 15.8 Å². The van der Waals surface area contributed by atoms with Crippen molar-refractivity contribution >= 4 is 22.2 Å². The Bertz CT molecular complexity index is 943. The smallest absolute Gasteiger partial charge is 0.324 e. The lowest BCUT2D eigenvalue weighted by molar-refractivity contribution is -0.380. The van der Waals surface area contributed by atoms with Crippen molar-refractivity contribution in [1.82, 2.24) is 9.80 Å². The minimum Gasteiger partial charge on any atom is -0.335 e. The van der Waals surface area contributed by atoms with Crippen LogP contribution in [0.25, 0.3) is 0 Å². The zero-order valence-electron chi connectivity index (χ0n) is 15.8. The minimum atomic E-state index is -0.455. The quantitative estimate of drug-likeness (QED) is 0.470. The first kappa shape index (κ1) is 19.3. The zero-order chi connectivity index (χ0) is 20.2. The number of hydrogen-bond donors (Lipinski definition) is 0. The van der Waals surface area contributed by atoms with E-state index in [0.717, 1.165) is 24.4 Å². The van der Waals surface area contributed by atoms with E-state index < -0.39 is 4.92 Å². The molecule has 29 heavy (non-hydrogen) atoms. The van der Waals surface area contributed by atoms with Crippen LogP contribution in [-0.2, 0) is 0 Å². The number of rotatable bonds is 5. The van der Waals surface area contributed by atoms with Crippen LogP contribution in [-0.4, -0.2) is 46.8 Å². The zero-order valence-corrected chi connectivity index (χ0v) is 16.6. The molecule has 0 spiro atoms. The van der Waals surface area contributed by atoms with Gasteiger partial charge in [0.1, 0.15) is 0 Å². The molecular formula is C22H21N3O3S. The highest BCUT2D eigenvalue weighted by Crippen LogP contribution is 2.30. The number of thiophene rings is 1. The fourth-order valence-corrected chi connectivity index (χ4v) is 4.55. The maximum Gasteiger partial charge on any atom is 0.324 e. The van der Waals surface area contributed by atoms with Gasteiger partial charge in [0, 0.05) is 32.2 Å². The first-order chi connectivity index (χ1) is 14.1. The molecule has 1 aliphatic heterocycles. The van der Waals surface area contributed by atoms with Gasteiger partial charge in [-0.2, -0.15) is 0 Å². The number of benzene rings is 2. The van der Waals surface area contributed by atoms with Crippen LogP contribution in [0.2, 0.25) is 0 Å². The van der Waals surface area contributed by atoms with Crippen molar-refractivity contribution < 1.29 is 9.72 Å². The third kappa shape index (κ3) is 4.21. The Hall–Kier alpha value is -3.03. The molecule has 2 aromatic carbocycles. The van der Waals surface area contributed by atoms with Crippen LogP contribution >= 0.6 is 11.3 Å². The van der Waals surface area contributed by atoms with E-state index in [9.17, 15) is 14.9 Å². The molecule has 3 aromatic rings. The Morgan fingerprint density at radius 3 is 1.90 bits per heavy atom. The molecule has 1 saturated heterocycles. The molecule has 1 amide bonds. The lowest BCUT2D eigenvalue weighted by atomic mass is 9.96. The molecule has 0 N–H and O–H groups in total. The SMILES string of the molecule is O=C(c1ccc([N+](=O)[O-])s1)N1CCN(C(c2ccccc2)c2ccccc2)CC1. The van der Waals surface area contributed by atoms with Crippen molar-refractivity contribution in [2.75, 3.05) is 26.2 Å². The first-order valence-electron chi connectivity index (χ1n) is 9.51. The van der Waals surface area contributed by atoms with E-state index in [1.165, 1.54) is 17.2 Å². The summed E-state index contributed by atoms with van der Waals surface area (Å²) in [5.41, 5.74) is 2.46. The molecule has 1 fully saturated rings. The number of piperazine rings is 1. The molecular weight excluding hydrogens is 386 g/mol. The third-order valence-corrected chi connectivity index (χ3v) is 6.20. The predicted octanol–water partition coefficient (Wildman–Crippen LogP) is 4.20. The lowest BCUT2D eigenvalue weighted by Crippen LogP contribution is -2.49. The second-order valence-corrected chi connectivity index (χ2v) is 8.01. The highest BCUT2D eigenvalue weighted by Gasteiger charge is 2.29. The number of hydrogen-bond acceptors (Lipinski definition) is 5. The van der Waals surface area contributed by atoms with Gasteiger partial charge in [0.2, 0.25) is 0 Å². The van der Waals surface area contributed by atoms with Gasteiger partial charge in [-0.15, -0.1) is 0 Å². The van der Waals surface area contributed by atoms with Crippen molar-refractivity contribution in [3.63, 3.8) is 0 Å². The van der Waals surface area contributed by atoms with E-state index >= 15 is 0 Å². The average molecular weight is 407 g/mol. The Morgan fingerprint density at radius 2 is 1.41 bits per heavy atom. The van der Waals surface area contributed by atoms with E-state index in [0.29, 0.717) is 18.0 Å². The Balaban J connectivity index is 1.49. The van der Waals surface area contributed by atoms with Crippen LogP contribution < -0.4 is 0 Å². The van der Waals surface area contributed by atoms with Gasteiger partial charge in [-0.25, -0.2) is 0 Å². The monoisotopic (exact) mass is 407 g/mol. The van der Waals surface area contributed by atoms with Crippen molar-refractivity contribution in [2.45, 2.75) is 6.04 Å². The van der Waals surface area contributed by atoms with Crippen LogP contribution in [0.5, 0.6) is 0 Å². The molecule has 4 rings (SSSR count). The van der Waals surface area contributed by atoms with Crippen molar-refractivity contribution in [3.8, 4) is 0 Å². The molecule has 7 heteroatoms. The van der Waals surface area contributed by atoms with Crippen molar-refractivity contribution in [3.05, 3.63) is 98.9 Å². The molecule has 1 aliphatic rings. The summed E-state index contributed by atoms with van der Waals surface area (Å²) in [7, 11) is 0. The number of carbonyl (C=O) groups is 1. The van der Waals surface area contributed by atoms with Gasteiger partial charge in [0.15, 0.2) is 0 Å². The summed E-state index contributed by atoms with van der Waals surface area (Å²) in [4.78, 5) is 27.8. The molecule has 0 bridgehead atoms. The molecule has 1 aromatic heterocycles. The second-order valence-electron chi connectivity index (χ2n) is 6.95. The van der Waals surface area contributed by atoms with Crippen LogP contribution in [0.3, 0.4) is 0 Å². The largest absolute Gasteiger partial charge is 0.335 e. The molecule has 148 valence electrons. The number of amides is 1. The van der Waals surface area contributed by atoms with Gasteiger partial charge >= 0.3 is 5.00 Å². The Kier molecular flexibility index (Phi) is 5.69. The molecule has 0 saturated carbocycles. The van der Waals surface area contributed by atoms with E-state index in [-0.39, 0.29) is 17.0 Å². The summed E-state index contributed by atoms with van der Waals surface area (Å²) < 4.78 is 0. The van der Waals surface area contributed by atoms with Gasteiger partial charge in [0.25, 0.3) is 5.91 Å². The predicted molar refractivity (Wildman–Crippen MR) is 113 cm³/mol. The minimum absolute atomic E-state index is 0.000190. The van der Waals surface area contributed by atoms with Crippen molar-refractivity contribution in [1.29, 1.82) is 0 Å². The van der Waals surface area contributed by atoms with Gasteiger partial charge in [-0.05, 0) is 17.2 Å². The fourth-order valence-electron chi connectivity index (χ4n) is 3.76. The summed E-state index contributed by atoms with van der Waals surface area (Å²) in [5, 5.41) is 10.9. The van der Waals surface area contributed by atoms with Crippen LogP contribution in [0, 0.1) is 10.1 Å². The van der Waals surface area contributed by atoms with Crippen molar-refractivity contribution in [2.24, 2.45) is 0 Å². The summed E-state index contributed by atoms with van der Waals surface area (Å²) in [6, 6.07) is 23.9. The molecule has 6 nitrogen and oxygen atoms in total. The fraction of sp³-hybridized carbons (Fsp3) is 0.227. The van der Waals surface area contributed by atoms with Crippen LogP contribution in [0.15, 0.2) is 72.8 Å². The lowest BCUT2D eigenvalue weighted by Gasteiger charge is -2.39. The van der Waals surface area contributed by atoms with E-state index in [2.05, 4.69) is 53.4 Å². The Morgan fingerprint density at radius 1 is 0.862 bits per heavy atom. The van der Waals surface area contributed by atoms with E-state index in [1.807, 2.05) is 12.1 Å². The van der Waals surface area contributed by atoms with Crippen LogP contribution in [0.4, 0.5) is 5.00 Å². The standard InChI is InChI=1S/C22H21N3O3S/c26-22(19-11-12-20(29-19)25(27)28)24-15-13-23(14-16-24)21(17-7-3-1-4-8-17)18-9-5-2-6-10-18/h1-12,21H,13-16H2. The van der Waals surface area contributed by atoms with Gasteiger partial charge < -0.3 is 4.90 Å². The molecule has 0 unspecified atom stereocenters. The van der Waals surface area contributed by atoms with Gasteiger partial charge in [-0.3, -0.25) is 19.8 Å².